The van der Waals surface area contributed by atoms with E-state index in [1.54, 1.807) is 26.4 Å². The minimum Gasteiger partial charge on any atom is -0.493 e. The van der Waals surface area contributed by atoms with Crippen LogP contribution in [0.2, 0.25) is 0 Å². The number of rotatable bonds is 6. The molecule has 3 N–H and O–H groups in total. The van der Waals surface area contributed by atoms with E-state index in [-0.39, 0.29) is 23.6 Å². The Labute approximate surface area is 190 Å². The van der Waals surface area contributed by atoms with Gasteiger partial charge in [-0.05, 0) is 39.6 Å². The van der Waals surface area contributed by atoms with Gasteiger partial charge in [0.2, 0.25) is 5.91 Å². The van der Waals surface area contributed by atoms with Crippen molar-refractivity contribution in [1.29, 1.82) is 0 Å². The van der Waals surface area contributed by atoms with Crippen molar-refractivity contribution in [3.8, 4) is 33.8 Å². The number of hydrogen-bond donors (Lipinski definition) is 2. The Morgan fingerprint density at radius 3 is 2.33 bits per heavy atom. The number of carbonyl (C=O) groups is 2. The van der Waals surface area contributed by atoms with Gasteiger partial charge in [-0.25, -0.2) is 0 Å². The number of carbonyl (C=O) groups excluding carboxylic acids is 2. The summed E-state index contributed by atoms with van der Waals surface area (Å²) in [4.78, 5) is 26.0. The molecule has 0 saturated heterocycles. The summed E-state index contributed by atoms with van der Waals surface area (Å²) in [6, 6.07) is 21.0. The van der Waals surface area contributed by atoms with Crippen molar-refractivity contribution in [3.05, 3.63) is 83.4 Å². The molecule has 0 atom stereocenters. The molecular weight excluding hydrogens is 416 g/mol. The summed E-state index contributed by atoms with van der Waals surface area (Å²) in [5.41, 5.74) is 10.7. The lowest BCUT2D eigenvalue weighted by atomic mass is 9.92. The third-order valence-electron chi connectivity index (χ3n) is 6.07. The van der Waals surface area contributed by atoms with Crippen LogP contribution in [0.1, 0.15) is 26.3 Å². The lowest BCUT2D eigenvalue weighted by Gasteiger charge is -2.16. The number of para-hydroxylation sites is 1. The molecule has 4 aromatic carbocycles. The molecule has 6 heteroatoms. The normalized spacial score (nSPS) is 11.2. The van der Waals surface area contributed by atoms with Crippen LogP contribution in [0.15, 0.2) is 66.7 Å². The SMILES string of the molecule is COc1cccc(CNC(=O)c2c(C(N)=O)cc3cccc4c3c2-c2ccccc2-4)c1OC. The maximum absolute atomic E-state index is 13.6. The van der Waals surface area contributed by atoms with Crippen LogP contribution in [0.4, 0.5) is 0 Å². The predicted molar refractivity (Wildman–Crippen MR) is 128 cm³/mol. The van der Waals surface area contributed by atoms with Crippen LogP contribution in [0.3, 0.4) is 0 Å². The van der Waals surface area contributed by atoms with E-state index < -0.39 is 5.91 Å². The maximum atomic E-state index is 13.6. The van der Waals surface area contributed by atoms with E-state index in [4.69, 9.17) is 15.2 Å². The molecule has 0 saturated carbocycles. The van der Waals surface area contributed by atoms with Gasteiger partial charge >= 0.3 is 0 Å². The number of fused-ring (bicyclic) bond motifs is 3. The standard InChI is InChI=1S/C27H22N2O4/c1-32-21-12-6-8-16(25(21)33-2)14-29-27(31)24-20(26(28)30)13-15-7-5-11-18-17-9-3-4-10-19(17)23(24)22(15)18/h3-13H,14H2,1-2H3,(H2,28,30)(H,29,31). The summed E-state index contributed by atoms with van der Waals surface area (Å²) in [6.45, 7) is 0.193. The van der Waals surface area contributed by atoms with Gasteiger partial charge in [-0.2, -0.15) is 0 Å². The van der Waals surface area contributed by atoms with E-state index in [0.717, 1.165) is 38.6 Å². The van der Waals surface area contributed by atoms with E-state index in [0.29, 0.717) is 11.5 Å². The number of benzene rings is 4. The first-order valence-electron chi connectivity index (χ1n) is 10.5. The second-order valence-corrected chi connectivity index (χ2v) is 7.82. The zero-order valence-corrected chi connectivity index (χ0v) is 18.3. The fraction of sp³-hybridized carbons (Fsp3) is 0.111. The quantitative estimate of drug-likeness (QED) is 0.407. The van der Waals surface area contributed by atoms with E-state index in [1.165, 1.54) is 0 Å². The minimum absolute atomic E-state index is 0.193. The molecule has 33 heavy (non-hydrogen) atoms. The van der Waals surface area contributed by atoms with Gasteiger partial charge in [-0.1, -0.05) is 54.6 Å². The van der Waals surface area contributed by atoms with Crippen LogP contribution in [-0.4, -0.2) is 26.0 Å². The van der Waals surface area contributed by atoms with Crippen molar-refractivity contribution in [1.82, 2.24) is 5.32 Å². The van der Waals surface area contributed by atoms with Crippen molar-refractivity contribution in [2.75, 3.05) is 14.2 Å². The monoisotopic (exact) mass is 438 g/mol. The fourth-order valence-corrected chi connectivity index (χ4v) is 4.67. The molecule has 0 radical (unpaired) electrons. The third-order valence-corrected chi connectivity index (χ3v) is 6.07. The van der Waals surface area contributed by atoms with Crippen LogP contribution >= 0.6 is 0 Å². The summed E-state index contributed by atoms with van der Waals surface area (Å²) in [5, 5.41) is 4.77. The molecular formula is C27H22N2O4. The fourth-order valence-electron chi connectivity index (χ4n) is 4.67. The van der Waals surface area contributed by atoms with Crippen LogP contribution in [0.25, 0.3) is 33.0 Å². The number of hydrogen-bond acceptors (Lipinski definition) is 4. The van der Waals surface area contributed by atoms with Gasteiger partial charge in [0.15, 0.2) is 11.5 Å². The Hall–Kier alpha value is -4.32. The number of nitrogens with one attached hydrogen (secondary N) is 1. The lowest BCUT2D eigenvalue weighted by Crippen LogP contribution is -2.27. The van der Waals surface area contributed by atoms with Crippen LogP contribution in [-0.2, 0) is 6.54 Å². The lowest BCUT2D eigenvalue weighted by molar-refractivity contribution is 0.0934. The first-order valence-corrected chi connectivity index (χ1v) is 10.5. The molecule has 4 aromatic rings. The van der Waals surface area contributed by atoms with Gasteiger partial charge in [0, 0.05) is 17.7 Å². The summed E-state index contributed by atoms with van der Waals surface area (Å²) < 4.78 is 10.8. The van der Waals surface area contributed by atoms with Crippen molar-refractivity contribution >= 4 is 22.6 Å². The molecule has 1 aliphatic carbocycles. The predicted octanol–water partition coefficient (Wildman–Crippen LogP) is 4.53. The Kier molecular flexibility index (Phi) is 4.98. The maximum Gasteiger partial charge on any atom is 0.253 e. The van der Waals surface area contributed by atoms with Crippen LogP contribution < -0.4 is 20.5 Å². The molecule has 0 bridgehead atoms. The first-order chi connectivity index (χ1) is 16.0. The highest BCUT2D eigenvalue weighted by Crippen LogP contribution is 2.49. The highest BCUT2D eigenvalue weighted by atomic mass is 16.5. The largest absolute Gasteiger partial charge is 0.493 e. The molecule has 0 fully saturated rings. The summed E-state index contributed by atoms with van der Waals surface area (Å²) in [6.07, 6.45) is 0. The van der Waals surface area contributed by atoms with Gasteiger partial charge in [-0.15, -0.1) is 0 Å². The number of amides is 2. The first kappa shape index (κ1) is 20.6. The molecule has 2 amide bonds. The molecule has 6 nitrogen and oxygen atoms in total. The van der Waals surface area contributed by atoms with E-state index >= 15 is 0 Å². The smallest absolute Gasteiger partial charge is 0.253 e. The second kappa shape index (κ2) is 7.98. The second-order valence-electron chi connectivity index (χ2n) is 7.82. The number of primary amides is 1. The van der Waals surface area contributed by atoms with E-state index in [2.05, 4.69) is 5.32 Å². The van der Waals surface area contributed by atoms with Gasteiger partial charge in [0.05, 0.1) is 25.3 Å². The third kappa shape index (κ3) is 3.19. The molecule has 0 aliphatic heterocycles. The highest BCUT2D eigenvalue weighted by Gasteiger charge is 2.30. The topological polar surface area (TPSA) is 90.6 Å². The van der Waals surface area contributed by atoms with Gasteiger partial charge in [-0.3, -0.25) is 9.59 Å². The van der Waals surface area contributed by atoms with Crippen molar-refractivity contribution in [2.45, 2.75) is 6.54 Å². The van der Waals surface area contributed by atoms with Crippen LogP contribution in [0, 0.1) is 0 Å². The van der Waals surface area contributed by atoms with Crippen molar-refractivity contribution in [3.63, 3.8) is 0 Å². The number of nitrogens with two attached hydrogens (primary N) is 1. The Morgan fingerprint density at radius 2 is 1.61 bits per heavy atom. The van der Waals surface area contributed by atoms with Crippen LogP contribution in [0.5, 0.6) is 11.5 Å². The van der Waals surface area contributed by atoms with Gasteiger partial charge in [0.25, 0.3) is 5.91 Å². The molecule has 0 unspecified atom stereocenters. The zero-order valence-electron chi connectivity index (χ0n) is 18.3. The summed E-state index contributed by atoms with van der Waals surface area (Å²) in [5.74, 6) is 0.0974. The Balaban J connectivity index is 1.64. The molecule has 0 aromatic heterocycles. The summed E-state index contributed by atoms with van der Waals surface area (Å²) >= 11 is 0. The molecule has 0 heterocycles. The van der Waals surface area contributed by atoms with E-state index in [9.17, 15) is 9.59 Å². The summed E-state index contributed by atoms with van der Waals surface area (Å²) in [7, 11) is 3.11. The highest BCUT2D eigenvalue weighted by molar-refractivity contribution is 6.24. The average Bonchev–Trinajstić information content (AvgIpc) is 3.18. The van der Waals surface area contributed by atoms with E-state index in [1.807, 2.05) is 54.6 Å². The minimum atomic E-state index is -0.646. The van der Waals surface area contributed by atoms with Gasteiger partial charge in [0.1, 0.15) is 0 Å². The van der Waals surface area contributed by atoms with Gasteiger partial charge < -0.3 is 20.5 Å². The Morgan fingerprint density at radius 1 is 0.879 bits per heavy atom. The van der Waals surface area contributed by atoms with Crippen molar-refractivity contribution < 1.29 is 19.1 Å². The molecule has 5 rings (SSSR count). The molecule has 1 aliphatic rings. The molecule has 0 spiro atoms. The Bertz CT molecular complexity index is 1440. The average molecular weight is 438 g/mol. The molecule has 164 valence electrons. The van der Waals surface area contributed by atoms with Crippen molar-refractivity contribution in [2.24, 2.45) is 5.73 Å². The zero-order chi connectivity index (χ0) is 23.1. The number of ether oxygens (including phenoxy) is 2. The number of methoxy groups -OCH3 is 2.